The third-order valence-electron chi connectivity index (χ3n) is 5.42. The molecule has 6 nitrogen and oxygen atoms in total. The Bertz CT molecular complexity index is 1070. The van der Waals surface area contributed by atoms with E-state index in [9.17, 15) is 10.1 Å². The minimum atomic E-state index is -0.323. The number of carbonyl (C=O) groups excluding carboxylic acids is 1. The van der Waals surface area contributed by atoms with E-state index in [1.807, 2.05) is 37.3 Å². The molecule has 3 aromatic rings. The van der Waals surface area contributed by atoms with Gasteiger partial charge in [0.25, 0.3) is 0 Å². The number of carbonyl (C=O) groups is 1. The van der Waals surface area contributed by atoms with Crippen LogP contribution < -0.4 is 4.90 Å². The average Bonchev–Trinajstić information content (AvgIpc) is 3.35. The summed E-state index contributed by atoms with van der Waals surface area (Å²) in [6, 6.07) is 12.5. The van der Waals surface area contributed by atoms with Gasteiger partial charge in [-0.1, -0.05) is 30.3 Å². The first-order valence-corrected chi connectivity index (χ1v) is 10.6. The molecule has 0 aliphatic carbocycles. The molecule has 7 heteroatoms. The van der Waals surface area contributed by atoms with Gasteiger partial charge in [-0.25, -0.2) is 14.8 Å². The predicted octanol–water partition coefficient (Wildman–Crippen LogP) is 4.45. The molecule has 3 heterocycles. The molecule has 2 aromatic heterocycles. The van der Waals surface area contributed by atoms with E-state index >= 15 is 0 Å². The predicted molar refractivity (Wildman–Crippen MR) is 113 cm³/mol. The lowest BCUT2D eigenvalue weighted by Gasteiger charge is -2.29. The molecule has 148 valence electrons. The first kappa shape index (κ1) is 19.3. The van der Waals surface area contributed by atoms with Gasteiger partial charge in [-0.3, -0.25) is 0 Å². The molecule has 1 aromatic carbocycles. The standard InChI is InChI=1S/C22H22N4O2S/c1-3-28-22(27)19-14(2)18-20(24-13-25-21(18)29-19)26-11-7-10-17(26)16(12-23)15-8-5-4-6-9-15/h4-6,8-9,13,16-17H,3,7,10-11H2,1-2H3. The molecule has 1 fully saturated rings. The minimum Gasteiger partial charge on any atom is -0.462 e. The Hall–Kier alpha value is -2.98. The van der Waals surface area contributed by atoms with E-state index in [0.29, 0.717) is 11.5 Å². The summed E-state index contributed by atoms with van der Waals surface area (Å²) < 4.78 is 5.20. The largest absolute Gasteiger partial charge is 0.462 e. The molecule has 0 radical (unpaired) electrons. The highest BCUT2D eigenvalue weighted by atomic mass is 32.1. The number of aryl methyl sites for hydroxylation is 1. The molecule has 0 amide bonds. The molecule has 29 heavy (non-hydrogen) atoms. The maximum atomic E-state index is 12.4. The van der Waals surface area contributed by atoms with E-state index in [-0.39, 0.29) is 17.9 Å². The normalized spacial score (nSPS) is 17.3. The van der Waals surface area contributed by atoms with Crippen molar-refractivity contribution in [2.75, 3.05) is 18.1 Å². The Labute approximate surface area is 173 Å². The number of aromatic nitrogens is 2. The Morgan fingerprint density at radius 1 is 1.38 bits per heavy atom. The number of hydrogen-bond donors (Lipinski definition) is 0. The van der Waals surface area contributed by atoms with Crippen LogP contribution in [0.3, 0.4) is 0 Å². The van der Waals surface area contributed by atoms with Crippen LogP contribution in [0.2, 0.25) is 0 Å². The smallest absolute Gasteiger partial charge is 0.348 e. The Kier molecular flexibility index (Phi) is 5.45. The van der Waals surface area contributed by atoms with E-state index in [0.717, 1.165) is 46.5 Å². The summed E-state index contributed by atoms with van der Waals surface area (Å²) in [6.45, 7) is 4.88. The van der Waals surface area contributed by atoms with Gasteiger partial charge < -0.3 is 9.64 Å². The van der Waals surface area contributed by atoms with Gasteiger partial charge in [0.05, 0.1) is 30.0 Å². The van der Waals surface area contributed by atoms with Crippen LogP contribution in [0, 0.1) is 18.3 Å². The second-order valence-corrected chi connectivity index (χ2v) is 8.07. The molecular formula is C22H22N4O2S. The van der Waals surface area contributed by atoms with Crippen molar-refractivity contribution >= 4 is 33.3 Å². The number of thiophene rings is 1. The summed E-state index contributed by atoms with van der Waals surface area (Å²) in [7, 11) is 0. The van der Waals surface area contributed by atoms with Gasteiger partial charge in [0.15, 0.2) is 0 Å². The van der Waals surface area contributed by atoms with Crippen molar-refractivity contribution in [1.82, 2.24) is 9.97 Å². The van der Waals surface area contributed by atoms with Crippen LogP contribution in [0.25, 0.3) is 10.2 Å². The van der Waals surface area contributed by atoms with E-state index in [2.05, 4.69) is 20.9 Å². The summed E-state index contributed by atoms with van der Waals surface area (Å²) in [5.74, 6) is 0.237. The number of nitriles is 1. The quantitative estimate of drug-likeness (QED) is 0.582. The van der Waals surface area contributed by atoms with Crippen LogP contribution in [-0.2, 0) is 4.74 Å². The van der Waals surface area contributed by atoms with Crippen LogP contribution in [0.1, 0.15) is 46.5 Å². The van der Waals surface area contributed by atoms with E-state index in [1.165, 1.54) is 11.3 Å². The molecule has 0 spiro atoms. The summed E-state index contributed by atoms with van der Waals surface area (Å²) in [6.07, 6.45) is 3.46. The van der Waals surface area contributed by atoms with Gasteiger partial charge in [0.2, 0.25) is 0 Å². The highest BCUT2D eigenvalue weighted by Crippen LogP contribution is 2.40. The third kappa shape index (κ3) is 3.45. The van der Waals surface area contributed by atoms with Crippen LogP contribution >= 0.6 is 11.3 Å². The molecule has 4 rings (SSSR count). The highest BCUT2D eigenvalue weighted by molar-refractivity contribution is 7.20. The highest BCUT2D eigenvalue weighted by Gasteiger charge is 2.35. The molecule has 0 N–H and O–H groups in total. The summed E-state index contributed by atoms with van der Waals surface area (Å²) in [5, 5.41) is 10.8. The van der Waals surface area contributed by atoms with Gasteiger partial charge in [-0.2, -0.15) is 5.26 Å². The molecular weight excluding hydrogens is 384 g/mol. The fourth-order valence-electron chi connectivity index (χ4n) is 4.11. The van der Waals surface area contributed by atoms with Gasteiger partial charge in [0, 0.05) is 6.54 Å². The van der Waals surface area contributed by atoms with Gasteiger partial charge in [-0.05, 0) is 37.8 Å². The maximum Gasteiger partial charge on any atom is 0.348 e. The fourth-order valence-corrected chi connectivity index (χ4v) is 5.14. The number of benzene rings is 1. The molecule has 2 atom stereocenters. The van der Waals surface area contributed by atoms with Crippen LogP contribution in [0.15, 0.2) is 36.7 Å². The van der Waals surface area contributed by atoms with Crippen molar-refractivity contribution in [3.8, 4) is 6.07 Å². The first-order chi connectivity index (χ1) is 14.2. The van der Waals surface area contributed by atoms with Crippen molar-refractivity contribution in [2.45, 2.75) is 38.6 Å². The molecule has 1 aliphatic heterocycles. The fraction of sp³-hybridized carbons (Fsp3) is 0.364. The monoisotopic (exact) mass is 406 g/mol. The van der Waals surface area contributed by atoms with Gasteiger partial charge >= 0.3 is 5.97 Å². The third-order valence-corrected chi connectivity index (χ3v) is 6.60. The number of hydrogen-bond acceptors (Lipinski definition) is 7. The number of fused-ring (bicyclic) bond motifs is 1. The average molecular weight is 407 g/mol. The second kappa shape index (κ2) is 8.18. The lowest BCUT2D eigenvalue weighted by atomic mass is 9.91. The Morgan fingerprint density at radius 3 is 2.90 bits per heavy atom. The van der Waals surface area contributed by atoms with Crippen LogP contribution in [0.5, 0.6) is 0 Å². The molecule has 1 saturated heterocycles. The summed E-state index contributed by atoms with van der Waals surface area (Å²) in [5.41, 5.74) is 1.87. The van der Waals surface area contributed by atoms with Crippen molar-refractivity contribution in [3.63, 3.8) is 0 Å². The van der Waals surface area contributed by atoms with Gasteiger partial charge in [-0.15, -0.1) is 11.3 Å². The number of rotatable bonds is 5. The second-order valence-electron chi connectivity index (χ2n) is 7.07. The molecule has 0 saturated carbocycles. The SMILES string of the molecule is CCOC(=O)c1sc2ncnc(N3CCCC3C(C#N)c3ccccc3)c2c1C. The maximum absolute atomic E-state index is 12.4. The number of esters is 1. The van der Waals surface area contributed by atoms with Crippen molar-refractivity contribution in [1.29, 1.82) is 5.26 Å². The zero-order valence-corrected chi connectivity index (χ0v) is 17.3. The topological polar surface area (TPSA) is 79.1 Å². The first-order valence-electron chi connectivity index (χ1n) is 9.78. The number of anilines is 1. The summed E-state index contributed by atoms with van der Waals surface area (Å²) in [4.78, 5) is 24.9. The Balaban J connectivity index is 1.77. The zero-order chi connectivity index (χ0) is 20.4. The van der Waals surface area contributed by atoms with Gasteiger partial charge in [0.1, 0.15) is 21.9 Å². The number of nitrogens with zero attached hydrogens (tertiary/aromatic N) is 4. The van der Waals surface area contributed by atoms with E-state index < -0.39 is 0 Å². The molecule has 1 aliphatic rings. The van der Waals surface area contributed by atoms with Crippen molar-refractivity contribution < 1.29 is 9.53 Å². The number of ether oxygens (including phenoxy) is 1. The van der Waals surface area contributed by atoms with E-state index in [1.54, 1.807) is 13.3 Å². The summed E-state index contributed by atoms with van der Waals surface area (Å²) >= 11 is 1.34. The Morgan fingerprint density at radius 2 is 2.17 bits per heavy atom. The van der Waals surface area contributed by atoms with Crippen LogP contribution in [-0.4, -0.2) is 35.1 Å². The van der Waals surface area contributed by atoms with Crippen LogP contribution in [0.4, 0.5) is 5.82 Å². The van der Waals surface area contributed by atoms with Crippen molar-refractivity contribution in [2.24, 2.45) is 0 Å². The van der Waals surface area contributed by atoms with E-state index in [4.69, 9.17) is 4.74 Å². The van der Waals surface area contributed by atoms with Crippen molar-refractivity contribution in [3.05, 3.63) is 52.7 Å². The molecule has 2 unspecified atom stereocenters. The zero-order valence-electron chi connectivity index (χ0n) is 16.5. The lowest BCUT2D eigenvalue weighted by molar-refractivity contribution is 0.0531. The minimum absolute atomic E-state index is 0.0332. The molecule has 0 bridgehead atoms. The lowest BCUT2D eigenvalue weighted by Crippen LogP contribution is -2.34.